The summed E-state index contributed by atoms with van der Waals surface area (Å²) in [5.74, 6) is 0.903. The fourth-order valence-corrected chi connectivity index (χ4v) is 3.21. The van der Waals surface area contributed by atoms with Gasteiger partial charge in [-0.25, -0.2) is 4.39 Å². The molecule has 0 spiro atoms. The first kappa shape index (κ1) is 17.4. The van der Waals surface area contributed by atoms with Crippen LogP contribution in [0.15, 0.2) is 47.6 Å². The molecular formula is C18H19FN4OS. The molecule has 1 aromatic heterocycles. The third-order valence-electron chi connectivity index (χ3n) is 3.83. The summed E-state index contributed by atoms with van der Waals surface area (Å²) < 4.78 is 20.4. The van der Waals surface area contributed by atoms with E-state index in [1.807, 2.05) is 18.2 Å². The highest BCUT2D eigenvalue weighted by atomic mass is 32.2. The zero-order valence-corrected chi connectivity index (χ0v) is 15.1. The summed E-state index contributed by atoms with van der Waals surface area (Å²) in [7, 11) is 1.45. The number of tetrazole rings is 1. The van der Waals surface area contributed by atoms with Gasteiger partial charge in [0, 0.05) is 5.75 Å². The maximum absolute atomic E-state index is 13.8. The molecule has 0 aliphatic heterocycles. The standard InChI is InChI=1S/C18H19FN4OS/c1-12(2)14-5-7-15(8-6-14)23-18(20-21-22-23)25-11-13-4-9-17(24-3)16(19)10-13/h4-10,12H,11H2,1-3H3. The van der Waals surface area contributed by atoms with E-state index in [0.29, 0.717) is 16.8 Å². The van der Waals surface area contributed by atoms with E-state index in [-0.39, 0.29) is 11.6 Å². The molecule has 0 amide bonds. The molecule has 0 aliphatic carbocycles. The second-order valence-electron chi connectivity index (χ2n) is 5.88. The van der Waals surface area contributed by atoms with Crippen LogP contribution in [0.5, 0.6) is 5.75 Å². The molecular weight excluding hydrogens is 339 g/mol. The van der Waals surface area contributed by atoms with Crippen molar-refractivity contribution in [3.05, 3.63) is 59.4 Å². The van der Waals surface area contributed by atoms with Gasteiger partial charge >= 0.3 is 0 Å². The summed E-state index contributed by atoms with van der Waals surface area (Å²) in [6.07, 6.45) is 0. The smallest absolute Gasteiger partial charge is 0.214 e. The Morgan fingerprint density at radius 1 is 1.16 bits per heavy atom. The maximum atomic E-state index is 13.8. The minimum Gasteiger partial charge on any atom is -0.494 e. The van der Waals surface area contributed by atoms with E-state index in [2.05, 4.69) is 41.5 Å². The Balaban J connectivity index is 1.74. The average Bonchev–Trinajstić information content (AvgIpc) is 3.08. The number of benzene rings is 2. The third kappa shape index (κ3) is 3.99. The van der Waals surface area contributed by atoms with Gasteiger partial charge in [0.25, 0.3) is 0 Å². The number of ether oxygens (including phenoxy) is 1. The van der Waals surface area contributed by atoms with E-state index in [9.17, 15) is 4.39 Å². The first-order chi connectivity index (χ1) is 12.1. The summed E-state index contributed by atoms with van der Waals surface area (Å²) in [4.78, 5) is 0. The normalized spacial score (nSPS) is 11.1. The van der Waals surface area contributed by atoms with Crippen LogP contribution in [0.4, 0.5) is 4.39 Å². The Morgan fingerprint density at radius 3 is 2.56 bits per heavy atom. The summed E-state index contributed by atoms with van der Waals surface area (Å²) in [6, 6.07) is 13.1. The molecule has 0 bridgehead atoms. The van der Waals surface area contributed by atoms with Gasteiger partial charge in [0.15, 0.2) is 11.6 Å². The highest BCUT2D eigenvalue weighted by Crippen LogP contribution is 2.26. The number of halogens is 1. The molecule has 0 atom stereocenters. The largest absolute Gasteiger partial charge is 0.494 e. The minimum absolute atomic E-state index is 0.240. The molecule has 5 nitrogen and oxygen atoms in total. The van der Waals surface area contributed by atoms with Crippen molar-refractivity contribution >= 4 is 11.8 Å². The van der Waals surface area contributed by atoms with Crippen molar-refractivity contribution in [2.45, 2.75) is 30.7 Å². The molecule has 0 unspecified atom stereocenters. The van der Waals surface area contributed by atoms with Crippen molar-refractivity contribution < 1.29 is 9.13 Å². The number of hydrogen-bond donors (Lipinski definition) is 0. The van der Waals surface area contributed by atoms with E-state index in [4.69, 9.17) is 4.74 Å². The zero-order valence-electron chi connectivity index (χ0n) is 14.3. The van der Waals surface area contributed by atoms with Gasteiger partial charge in [-0.1, -0.05) is 43.8 Å². The molecule has 2 aromatic carbocycles. The molecule has 3 rings (SSSR count). The van der Waals surface area contributed by atoms with E-state index < -0.39 is 0 Å². The van der Waals surface area contributed by atoms with Crippen LogP contribution < -0.4 is 4.74 Å². The highest BCUT2D eigenvalue weighted by Gasteiger charge is 2.11. The molecule has 25 heavy (non-hydrogen) atoms. The van der Waals surface area contributed by atoms with Crippen molar-refractivity contribution in [3.63, 3.8) is 0 Å². The predicted octanol–water partition coefficient (Wildman–Crippen LogP) is 4.23. The summed E-state index contributed by atoms with van der Waals surface area (Å²) in [6.45, 7) is 4.31. The van der Waals surface area contributed by atoms with Crippen LogP contribution in [0.25, 0.3) is 5.69 Å². The third-order valence-corrected chi connectivity index (χ3v) is 4.82. The summed E-state index contributed by atoms with van der Waals surface area (Å²) in [5, 5.41) is 12.5. The van der Waals surface area contributed by atoms with Crippen LogP contribution >= 0.6 is 11.8 Å². The summed E-state index contributed by atoms with van der Waals surface area (Å²) in [5.41, 5.74) is 3.01. The lowest BCUT2D eigenvalue weighted by Gasteiger charge is -2.08. The van der Waals surface area contributed by atoms with Gasteiger partial charge in [0.1, 0.15) is 0 Å². The van der Waals surface area contributed by atoms with Crippen LogP contribution in [-0.2, 0) is 5.75 Å². The number of rotatable bonds is 6. The molecule has 0 radical (unpaired) electrons. The molecule has 0 saturated carbocycles. The molecule has 0 fully saturated rings. The second-order valence-corrected chi connectivity index (χ2v) is 6.82. The Labute approximate surface area is 150 Å². The van der Waals surface area contributed by atoms with Gasteiger partial charge in [0.2, 0.25) is 5.16 Å². The molecule has 0 N–H and O–H groups in total. The number of hydrogen-bond acceptors (Lipinski definition) is 5. The zero-order chi connectivity index (χ0) is 17.8. The first-order valence-electron chi connectivity index (χ1n) is 7.92. The van der Waals surface area contributed by atoms with Crippen molar-refractivity contribution in [2.75, 3.05) is 7.11 Å². The lowest BCUT2D eigenvalue weighted by molar-refractivity contribution is 0.386. The number of aromatic nitrogens is 4. The lowest BCUT2D eigenvalue weighted by Crippen LogP contribution is -2.00. The number of methoxy groups -OCH3 is 1. The van der Waals surface area contributed by atoms with E-state index in [1.165, 1.54) is 30.5 Å². The number of thioether (sulfide) groups is 1. The molecule has 1 heterocycles. The van der Waals surface area contributed by atoms with Gasteiger partial charge < -0.3 is 4.74 Å². The molecule has 130 valence electrons. The van der Waals surface area contributed by atoms with Crippen LogP contribution in [-0.4, -0.2) is 27.3 Å². The lowest BCUT2D eigenvalue weighted by atomic mass is 10.0. The van der Waals surface area contributed by atoms with Crippen LogP contribution in [0.1, 0.15) is 30.9 Å². The molecule has 7 heteroatoms. The monoisotopic (exact) mass is 358 g/mol. The fraction of sp³-hybridized carbons (Fsp3) is 0.278. The second kappa shape index (κ2) is 7.65. The van der Waals surface area contributed by atoms with E-state index >= 15 is 0 Å². The average molecular weight is 358 g/mol. The molecule has 3 aromatic rings. The fourth-order valence-electron chi connectivity index (χ4n) is 2.38. The predicted molar refractivity (Wildman–Crippen MR) is 95.8 cm³/mol. The Morgan fingerprint density at radius 2 is 1.92 bits per heavy atom. The van der Waals surface area contributed by atoms with Crippen molar-refractivity contribution in [3.8, 4) is 11.4 Å². The first-order valence-corrected chi connectivity index (χ1v) is 8.91. The Hall–Kier alpha value is -2.41. The SMILES string of the molecule is COc1ccc(CSc2nnnn2-c2ccc(C(C)C)cc2)cc1F. The molecule has 0 saturated heterocycles. The minimum atomic E-state index is -0.371. The Bertz CT molecular complexity index is 849. The van der Waals surface area contributed by atoms with Gasteiger partial charge in [0.05, 0.1) is 12.8 Å². The van der Waals surface area contributed by atoms with Crippen LogP contribution in [0.2, 0.25) is 0 Å². The molecule has 0 aliphatic rings. The topological polar surface area (TPSA) is 52.8 Å². The van der Waals surface area contributed by atoms with Crippen LogP contribution in [0, 0.1) is 5.82 Å². The van der Waals surface area contributed by atoms with Gasteiger partial charge in [-0.05, 0) is 51.7 Å². The number of nitrogens with zero attached hydrogens (tertiary/aromatic N) is 4. The van der Waals surface area contributed by atoms with Crippen molar-refractivity contribution in [2.24, 2.45) is 0 Å². The highest BCUT2D eigenvalue weighted by molar-refractivity contribution is 7.98. The summed E-state index contributed by atoms with van der Waals surface area (Å²) >= 11 is 1.45. The quantitative estimate of drug-likeness (QED) is 0.617. The Kier molecular flexibility index (Phi) is 5.33. The maximum Gasteiger partial charge on any atom is 0.214 e. The van der Waals surface area contributed by atoms with Crippen LogP contribution in [0.3, 0.4) is 0 Å². The van der Waals surface area contributed by atoms with E-state index in [1.54, 1.807) is 10.7 Å². The van der Waals surface area contributed by atoms with Gasteiger partial charge in [-0.2, -0.15) is 4.68 Å². The van der Waals surface area contributed by atoms with Crippen molar-refractivity contribution in [1.29, 1.82) is 0 Å². The van der Waals surface area contributed by atoms with Gasteiger partial charge in [-0.15, -0.1) is 5.10 Å². The van der Waals surface area contributed by atoms with Crippen molar-refractivity contribution in [1.82, 2.24) is 20.2 Å². The van der Waals surface area contributed by atoms with E-state index in [0.717, 1.165) is 11.3 Å². The van der Waals surface area contributed by atoms with Gasteiger partial charge in [-0.3, -0.25) is 0 Å².